The van der Waals surface area contributed by atoms with E-state index < -0.39 is 0 Å². The molecule has 1 saturated heterocycles. The fraction of sp³-hybridized carbons (Fsp3) is 0.692. The van der Waals surface area contributed by atoms with Crippen LogP contribution in [0.4, 0.5) is 5.82 Å². The highest BCUT2D eigenvalue weighted by Crippen LogP contribution is 2.03. The summed E-state index contributed by atoms with van der Waals surface area (Å²) < 4.78 is 0. The Hall–Kier alpha value is -1.20. The van der Waals surface area contributed by atoms with Gasteiger partial charge >= 0.3 is 0 Å². The van der Waals surface area contributed by atoms with Crippen LogP contribution in [0.2, 0.25) is 0 Å². The third kappa shape index (κ3) is 4.23. The number of hydrogen-bond acceptors (Lipinski definition) is 5. The molecule has 5 heteroatoms. The van der Waals surface area contributed by atoms with Crippen molar-refractivity contribution in [2.45, 2.75) is 13.3 Å². The summed E-state index contributed by atoms with van der Waals surface area (Å²) in [6.45, 7) is 8.91. The molecule has 100 valence electrons. The number of nitrogens with one attached hydrogen (secondary N) is 1. The first-order chi connectivity index (χ1) is 8.74. The highest BCUT2D eigenvalue weighted by molar-refractivity contribution is 5.34. The molecule has 1 aromatic heterocycles. The van der Waals surface area contributed by atoms with Gasteiger partial charge in [0, 0.05) is 44.5 Å². The quantitative estimate of drug-likeness (QED) is 0.783. The fourth-order valence-electron chi connectivity index (χ4n) is 2.14. The molecule has 1 aromatic rings. The summed E-state index contributed by atoms with van der Waals surface area (Å²) in [6.07, 6.45) is 2.77. The Balaban J connectivity index is 1.61. The second-order valence-electron chi connectivity index (χ2n) is 4.97. The van der Waals surface area contributed by atoms with Crippen molar-refractivity contribution in [1.82, 2.24) is 19.8 Å². The Morgan fingerprint density at radius 2 is 2.00 bits per heavy atom. The van der Waals surface area contributed by atoms with Gasteiger partial charge in [-0.3, -0.25) is 0 Å². The Morgan fingerprint density at radius 1 is 1.22 bits per heavy atom. The van der Waals surface area contributed by atoms with Gasteiger partial charge in [-0.25, -0.2) is 9.97 Å². The number of likely N-dealkylation sites (N-methyl/N-ethyl adjacent to an activating group) is 1. The van der Waals surface area contributed by atoms with Gasteiger partial charge < -0.3 is 15.1 Å². The van der Waals surface area contributed by atoms with Gasteiger partial charge in [-0.2, -0.15) is 0 Å². The molecule has 0 amide bonds. The highest BCUT2D eigenvalue weighted by atomic mass is 15.2. The first kappa shape index (κ1) is 13.2. The number of aryl methyl sites for hydroxylation is 1. The molecular weight excluding hydrogens is 226 g/mol. The van der Waals surface area contributed by atoms with Crippen LogP contribution in [0.25, 0.3) is 0 Å². The lowest BCUT2D eigenvalue weighted by molar-refractivity contribution is 0.154. The first-order valence-corrected chi connectivity index (χ1v) is 6.67. The molecule has 0 spiro atoms. The largest absolute Gasteiger partial charge is 0.370 e. The van der Waals surface area contributed by atoms with Crippen LogP contribution in [-0.4, -0.2) is 66.1 Å². The molecular formula is C13H23N5. The number of aromatic nitrogens is 2. The second kappa shape index (κ2) is 6.66. The maximum Gasteiger partial charge on any atom is 0.129 e. The smallest absolute Gasteiger partial charge is 0.129 e. The summed E-state index contributed by atoms with van der Waals surface area (Å²) in [4.78, 5) is 13.2. The van der Waals surface area contributed by atoms with Crippen molar-refractivity contribution in [1.29, 1.82) is 0 Å². The van der Waals surface area contributed by atoms with E-state index in [4.69, 9.17) is 0 Å². The molecule has 0 aliphatic carbocycles. The van der Waals surface area contributed by atoms with Gasteiger partial charge in [0.2, 0.25) is 0 Å². The summed E-state index contributed by atoms with van der Waals surface area (Å²) in [6, 6.07) is 1.98. The number of rotatable bonds is 5. The number of nitrogens with zero attached hydrogens (tertiary/aromatic N) is 4. The highest BCUT2D eigenvalue weighted by Gasteiger charge is 2.12. The van der Waals surface area contributed by atoms with Gasteiger partial charge in [-0.05, 0) is 26.9 Å². The predicted octanol–water partition coefficient (Wildman–Crippen LogP) is 0.834. The second-order valence-corrected chi connectivity index (χ2v) is 4.97. The van der Waals surface area contributed by atoms with Gasteiger partial charge in [0.1, 0.15) is 12.1 Å². The van der Waals surface area contributed by atoms with E-state index in [-0.39, 0.29) is 0 Å². The Kier molecular flexibility index (Phi) is 4.90. The standard InChI is InChI=1S/C13H23N5/c1-12-10-13(16-11-15-12)14-4-3-5-18-8-6-17(2)7-9-18/h10-11H,3-9H2,1-2H3,(H,14,15,16). The molecule has 1 N–H and O–H groups in total. The molecule has 5 nitrogen and oxygen atoms in total. The lowest BCUT2D eigenvalue weighted by Gasteiger charge is -2.32. The van der Waals surface area contributed by atoms with Crippen molar-refractivity contribution < 1.29 is 0 Å². The molecule has 0 saturated carbocycles. The molecule has 0 bridgehead atoms. The maximum absolute atomic E-state index is 4.19. The normalized spacial score (nSPS) is 17.9. The van der Waals surface area contributed by atoms with Crippen LogP contribution in [0.1, 0.15) is 12.1 Å². The van der Waals surface area contributed by atoms with Crippen LogP contribution in [0, 0.1) is 6.92 Å². The van der Waals surface area contributed by atoms with E-state index in [2.05, 4.69) is 32.1 Å². The SMILES string of the molecule is Cc1cc(NCCCN2CCN(C)CC2)ncn1. The summed E-state index contributed by atoms with van der Waals surface area (Å²) in [5, 5.41) is 3.35. The van der Waals surface area contributed by atoms with E-state index in [1.807, 2.05) is 13.0 Å². The molecule has 2 rings (SSSR count). The average molecular weight is 249 g/mol. The average Bonchev–Trinajstić information content (AvgIpc) is 2.37. The number of anilines is 1. The minimum absolute atomic E-state index is 0.931. The van der Waals surface area contributed by atoms with Crippen molar-refractivity contribution in [3.63, 3.8) is 0 Å². The van der Waals surface area contributed by atoms with E-state index in [1.54, 1.807) is 6.33 Å². The topological polar surface area (TPSA) is 44.3 Å². The predicted molar refractivity (Wildman–Crippen MR) is 73.8 cm³/mol. The van der Waals surface area contributed by atoms with E-state index in [0.717, 1.165) is 24.5 Å². The Bertz CT molecular complexity index is 360. The molecule has 1 aliphatic heterocycles. The van der Waals surface area contributed by atoms with Gasteiger partial charge in [0.05, 0.1) is 0 Å². The van der Waals surface area contributed by atoms with Crippen LogP contribution in [-0.2, 0) is 0 Å². The third-order valence-corrected chi connectivity index (χ3v) is 3.36. The van der Waals surface area contributed by atoms with Crippen LogP contribution in [0.15, 0.2) is 12.4 Å². The van der Waals surface area contributed by atoms with E-state index >= 15 is 0 Å². The minimum atomic E-state index is 0.931. The van der Waals surface area contributed by atoms with E-state index in [9.17, 15) is 0 Å². The molecule has 0 radical (unpaired) electrons. The first-order valence-electron chi connectivity index (χ1n) is 6.67. The zero-order chi connectivity index (χ0) is 12.8. The minimum Gasteiger partial charge on any atom is -0.370 e. The Labute approximate surface area is 109 Å². The number of piperazine rings is 1. The van der Waals surface area contributed by atoms with Crippen LogP contribution >= 0.6 is 0 Å². The maximum atomic E-state index is 4.19. The Morgan fingerprint density at radius 3 is 2.72 bits per heavy atom. The summed E-state index contributed by atoms with van der Waals surface area (Å²) in [5.41, 5.74) is 1.01. The fourth-order valence-corrected chi connectivity index (χ4v) is 2.14. The van der Waals surface area contributed by atoms with Crippen molar-refractivity contribution in [3.05, 3.63) is 18.1 Å². The molecule has 0 atom stereocenters. The van der Waals surface area contributed by atoms with Gasteiger partial charge in [0.25, 0.3) is 0 Å². The molecule has 2 heterocycles. The van der Waals surface area contributed by atoms with Crippen molar-refractivity contribution >= 4 is 5.82 Å². The lowest BCUT2D eigenvalue weighted by Crippen LogP contribution is -2.44. The van der Waals surface area contributed by atoms with Crippen molar-refractivity contribution in [3.8, 4) is 0 Å². The molecule has 0 unspecified atom stereocenters. The molecule has 0 aromatic carbocycles. The van der Waals surface area contributed by atoms with E-state index in [0.29, 0.717) is 0 Å². The van der Waals surface area contributed by atoms with Gasteiger partial charge in [0.15, 0.2) is 0 Å². The van der Waals surface area contributed by atoms with Gasteiger partial charge in [-0.1, -0.05) is 0 Å². The lowest BCUT2D eigenvalue weighted by atomic mass is 10.3. The molecule has 1 aliphatic rings. The van der Waals surface area contributed by atoms with Gasteiger partial charge in [-0.15, -0.1) is 0 Å². The van der Waals surface area contributed by atoms with Crippen molar-refractivity contribution in [2.75, 3.05) is 51.6 Å². The number of hydrogen-bond donors (Lipinski definition) is 1. The summed E-state index contributed by atoms with van der Waals surface area (Å²) >= 11 is 0. The zero-order valence-electron chi connectivity index (χ0n) is 11.4. The monoisotopic (exact) mass is 249 g/mol. The van der Waals surface area contributed by atoms with Crippen LogP contribution in [0.3, 0.4) is 0 Å². The molecule has 18 heavy (non-hydrogen) atoms. The molecule has 1 fully saturated rings. The zero-order valence-corrected chi connectivity index (χ0v) is 11.4. The van der Waals surface area contributed by atoms with Crippen LogP contribution < -0.4 is 5.32 Å². The van der Waals surface area contributed by atoms with E-state index in [1.165, 1.54) is 32.7 Å². The van der Waals surface area contributed by atoms with Crippen molar-refractivity contribution in [2.24, 2.45) is 0 Å². The summed E-state index contributed by atoms with van der Waals surface area (Å²) in [7, 11) is 2.19. The third-order valence-electron chi connectivity index (χ3n) is 3.36. The van der Waals surface area contributed by atoms with Crippen LogP contribution in [0.5, 0.6) is 0 Å². The summed E-state index contributed by atoms with van der Waals surface area (Å²) in [5.74, 6) is 0.931.